The summed E-state index contributed by atoms with van der Waals surface area (Å²) in [6.45, 7) is -0.526. The van der Waals surface area contributed by atoms with Crippen molar-refractivity contribution in [2.24, 2.45) is 0 Å². The van der Waals surface area contributed by atoms with Gasteiger partial charge in [-0.2, -0.15) is 0 Å². The quantitative estimate of drug-likeness (QED) is 0.299. The third-order valence-electron chi connectivity index (χ3n) is 1.87. The number of aliphatic hydroxyl groups is 5. The van der Waals surface area contributed by atoms with E-state index in [2.05, 4.69) is 4.74 Å². The van der Waals surface area contributed by atoms with Gasteiger partial charge in [-0.05, 0) is 0 Å². The van der Waals surface area contributed by atoms with Gasteiger partial charge >= 0.3 is 0 Å². The van der Waals surface area contributed by atoms with E-state index in [1.54, 1.807) is 0 Å². The first-order valence-corrected chi connectivity index (χ1v) is 3.56. The van der Waals surface area contributed by atoms with Gasteiger partial charge in [0, 0.05) is 0 Å². The molecule has 1 heterocycles. The molecule has 72 valence electrons. The molecule has 1 rings (SSSR count). The predicted octanol–water partition coefficient (Wildman–Crippen LogP) is -3.22. The molecule has 0 aromatic heterocycles. The number of aliphatic hydroxyl groups excluding tert-OH is 5. The molecular formula is C6H12O6. The smallest absolute Gasteiger partial charge is 0.184 e. The van der Waals surface area contributed by atoms with E-state index in [9.17, 15) is 0 Å². The standard InChI is InChI=1S/C6H12O6/c7-1-2-3(8)4(9)5(10)6(11)12-2/h2-11H,1H2/t2-,3-,4+,5-,6?/m1/s1/i1+2,2+2,3+2,4+2,5+2,6+2. The molecule has 6 heteroatoms. The molecule has 0 saturated carbocycles. The Morgan fingerprint density at radius 2 is 1.50 bits per heavy atom. The summed E-state index contributed by atoms with van der Waals surface area (Å²) in [5.41, 5.74) is 0. The highest BCUT2D eigenvalue weighted by molar-refractivity contribution is 4.87. The maximum absolute atomic E-state index is 9.12. The van der Waals surface area contributed by atoms with Gasteiger partial charge in [-0.15, -0.1) is 0 Å². The number of hydrogen-bond donors (Lipinski definition) is 5. The van der Waals surface area contributed by atoms with Crippen LogP contribution in [0.2, 0.25) is 0 Å². The van der Waals surface area contributed by atoms with Gasteiger partial charge in [-0.1, -0.05) is 0 Å². The first-order valence-electron chi connectivity index (χ1n) is 3.56. The Bertz CT molecular complexity index is 146. The molecule has 1 aliphatic rings. The van der Waals surface area contributed by atoms with Crippen LogP contribution in [0.3, 0.4) is 0 Å². The molecule has 0 bridgehead atoms. The molecule has 0 aliphatic carbocycles. The molecule has 6 nitrogen and oxygen atoms in total. The zero-order chi connectivity index (χ0) is 9.30. The topological polar surface area (TPSA) is 110 Å². The molecule has 5 atom stereocenters. The summed E-state index contributed by atoms with van der Waals surface area (Å²) in [6.07, 6.45) is -7.04. The Hall–Kier alpha value is -0.240. The molecular weight excluding hydrogens is 180 g/mol. The van der Waals surface area contributed by atoms with Crippen LogP contribution < -0.4 is 0 Å². The van der Waals surface area contributed by atoms with E-state index in [0.717, 1.165) is 0 Å². The Labute approximate surface area is 68.6 Å². The second-order valence-electron chi connectivity index (χ2n) is 2.72. The summed E-state index contributed by atoms with van der Waals surface area (Å²) in [5.74, 6) is 0. The summed E-state index contributed by atoms with van der Waals surface area (Å²) < 4.78 is 4.58. The fourth-order valence-electron chi connectivity index (χ4n) is 1.08. The van der Waals surface area contributed by atoms with Gasteiger partial charge in [0.2, 0.25) is 0 Å². The van der Waals surface area contributed by atoms with Crippen molar-refractivity contribution in [1.82, 2.24) is 0 Å². The second-order valence-corrected chi connectivity index (χ2v) is 2.72. The van der Waals surface area contributed by atoms with Crippen LogP contribution in [0, 0.1) is 0 Å². The van der Waals surface area contributed by atoms with E-state index in [1.165, 1.54) is 0 Å². The van der Waals surface area contributed by atoms with Crippen LogP contribution in [-0.4, -0.2) is 62.8 Å². The van der Waals surface area contributed by atoms with Crippen LogP contribution >= 0.6 is 0 Å². The highest BCUT2D eigenvalue weighted by Gasteiger charge is 2.42. The highest BCUT2D eigenvalue weighted by atomic mass is 17.2. The van der Waals surface area contributed by atoms with Gasteiger partial charge in [0.15, 0.2) is 6.29 Å². The van der Waals surface area contributed by atoms with Crippen LogP contribution in [0.15, 0.2) is 0 Å². The Kier molecular flexibility index (Phi) is 2.99. The number of rotatable bonds is 1. The minimum atomic E-state index is -1.57. The van der Waals surface area contributed by atoms with Crippen molar-refractivity contribution in [2.75, 3.05) is 6.61 Å². The maximum atomic E-state index is 9.12. The van der Waals surface area contributed by atoms with Gasteiger partial charge in [0.05, 0.1) is 6.61 Å². The second kappa shape index (κ2) is 3.65. The lowest BCUT2D eigenvalue weighted by Gasteiger charge is -2.37. The van der Waals surface area contributed by atoms with Crippen molar-refractivity contribution in [3.05, 3.63) is 0 Å². The van der Waals surface area contributed by atoms with Crippen LogP contribution in [0.1, 0.15) is 0 Å². The van der Waals surface area contributed by atoms with Gasteiger partial charge in [-0.3, -0.25) is 0 Å². The molecule has 1 fully saturated rings. The molecule has 0 amide bonds. The summed E-state index contributed by atoms with van der Waals surface area (Å²) in [6, 6.07) is 0. The third-order valence-corrected chi connectivity index (χ3v) is 1.87. The lowest BCUT2D eigenvalue weighted by atomic mass is 11.9. The first kappa shape index (κ1) is 9.85. The van der Waals surface area contributed by atoms with Crippen LogP contribution in [0.25, 0.3) is 0 Å². The monoisotopic (exact) mass is 192 g/mol. The maximum Gasteiger partial charge on any atom is 0.184 e. The largest absolute Gasteiger partial charge is 0.394 e. The molecule has 1 unspecified atom stereocenters. The van der Waals surface area contributed by atoms with Gasteiger partial charge in [0.25, 0.3) is 0 Å². The lowest BCUT2D eigenvalue weighted by molar-refractivity contribution is -0.286. The minimum Gasteiger partial charge on any atom is -0.394 e. The lowest BCUT2D eigenvalue weighted by Crippen LogP contribution is -2.58. The average Bonchev–Trinajstić information content (AvgIpc) is 2.08. The molecule has 5 N–H and O–H groups in total. The molecule has 0 spiro atoms. The van der Waals surface area contributed by atoms with Crippen molar-refractivity contribution in [3.8, 4) is 0 Å². The Morgan fingerprint density at radius 1 is 0.917 bits per heavy atom. The fraction of sp³-hybridized carbons (Fsp3) is 1.00. The molecule has 0 aromatic carbocycles. The Morgan fingerprint density at radius 3 is 2.00 bits per heavy atom. The normalized spacial score (nSPS) is 49.2. The van der Waals surface area contributed by atoms with Gasteiger partial charge in [-0.25, -0.2) is 0 Å². The van der Waals surface area contributed by atoms with Crippen LogP contribution in [0.5, 0.6) is 0 Å². The molecule has 1 saturated heterocycles. The highest BCUT2D eigenvalue weighted by Crippen LogP contribution is 2.18. The molecule has 12 heavy (non-hydrogen) atoms. The van der Waals surface area contributed by atoms with E-state index in [-0.39, 0.29) is 0 Å². The number of hydrogen-bond acceptors (Lipinski definition) is 6. The average molecular weight is 192 g/mol. The van der Waals surface area contributed by atoms with Crippen molar-refractivity contribution >= 4 is 0 Å². The summed E-state index contributed by atoms with van der Waals surface area (Å²) in [4.78, 5) is 0. The Balaban J connectivity index is 2.63. The third kappa shape index (κ3) is 1.58. The molecule has 0 radical (unpaired) electrons. The predicted molar refractivity (Wildman–Crippen MR) is 36.0 cm³/mol. The van der Waals surface area contributed by atoms with Gasteiger partial charge < -0.3 is 30.3 Å². The zero-order valence-corrected chi connectivity index (χ0v) is 6.24. The van der Waals surface area contributed by atoms with E-state index >= 15 is 0 Å². The molecule has 0 aromatic rings. The van der Waals surface area contributed by atoms with Crippen molar-refractivity contribution < 1.29 is 30.3 Å². The SMILES string of the molecule is O[14CH2][14C@H]1O[14CH](O)[14C@H](O)[14C@@H](O)[14C@@H]1O. The van der Waals surface area contributed by atoms with E-state index in [1.807, 2.05) is 0 Å². The van der Waals surface area contributed by atoms with Gasteiger partial charge in [0.1, 0.15) is 24.4 Å². The first-order chi connectivity index (χ1) is 5.57. The fourth-order valence-corrected chi connectivity index (χ4v) is 1.08. The van der Waals surface area contributed by atoms with E-state index in [4.69, 9.17) is 25.5 Å². The zero-order valence-electron chi connectivity index (χ0n) is 6.24. The summed E-state index contributed by atoms with van der Waals surface area (Å²) in [7, 11) is 0. The van der Waals surface area contributed by atoms with Crippen molar-refractivity contribution in [3.63, 3.8) is 0 Å². The van der Waals surface area contributed by atoms with Crippen molar-refractivity contribution in [1.29, 1.82) is 0 Å². The molecule has 1 aliphatic heterocycles. The summed E-state index contributed by atoms with van der Waals surface area (Å²) >= 11 is 0. The van der Waals surface area contributed by atoms with Crippen molar-refractivity contribution in [2.45, 2.75) is 30.7 Å². The minimum absolute atomic E-state index is 0.526. The summed E-state index contributed by atoms with van der Waals surface area (Å²) in [5, 5.41) is 44.7. The van der Waals surface area contributed by atoms with Crippen LogP contribution in [0.4, 0.5) is 0 Å². The van der Waals surface area contributed by atoms with E-state index in [0.29, 0.717) is 0 Å². The number of ether oxygens (including phenoxy) is 1. The van der Waals surface area contributed by atoms with Crippen LogP contribution in [-0.2, 0) is 4.74 Å². The van der Waals surface area contributed by atoms with E-state index < -0.39 is 37.3 Å².